The Morgan fingerprint density at radius 1 is 0.968 bits per heavy atom. The molecule has 0 aromatic heterocycles. The van der Waals surface area contributed by atoms with Crippen LogP contribution in [0.25, 0.3) is 0 Å². The maximum Gasteiger partial charge on any atom is 0.277 e. The van der Waals surface area contributed by atoms with E-state index in [2.05, 4.69) is 57.3 Å². The first kappa shape index (κ1) is 24.3. The van der Waals surface area contributed by atoms with Gasteiger partial charge in [-0.1, -0.05) is 46.8 Å². The van der Waals surface area contributed by atoms with Gasteiger partial charge in [0, 0.05) is 5.56 Å². The lowest BCUT2D eigenvalue weighted by Crippen LogP contribution is -2.25. The van der Waals surface area contributed by atoms with Crippen LogP contribution in [0.1, 0.15) is 52.2 Å². The Kier molecular flexibility index (Phi) is 8.08. The third kappa shape index (κ3) is 7.63. The summed E-state index contributed by atoms with van der Waals surface area (Å²) in [6, 6.07) is 13.3. The van der Waals surface area contributed by atoms with Gasteiger partial charge in [0.2, 0.25) is 0 Å². The van der Waals surface area contributed by atoms with E-state index in [1.807, 2.05) is 12.1 Å². The predicted octanol–water partition coefficient (Wildman–Crippen LogP) is 4.95. The lowest BCUT2D eigenvalue weighted by molar-refractivity contribution is -0.123. The molecule has 0 spiro atoms. The monoisotopic (exact) mass is 426 g/mol. The molecule has 0 atom stereocenters. The molecule has 0 saturated carbocycles. The summed E-state index contributed by atoms with van der Waals surface area (Å²) in [4.78, 5) is 12.1. The highest BCUT2D eigenvalue weighted by atomic mass is 16.5. The maximum absolute atomic E-state index is 12.1. The molecule has 2 aromatic carbocycles. The summed E-state index contributed by atoms with van der Waals surface area (Å²) >= 11 is 0. The average Bonchev–Trinajstić information content (AvgIpc) is 2.70. The maximum atomic E-state index is 12.1. The van der Waals surface area contributed by atoms with Gasteiger partial charge in [-0.25, -0.2) is 5.43 Å². The van der Waals surface area contributed by atoms with E-state index in [4.69, 9.17) is 14.2 Å². The van der Waals surface area contributed by atoms with Crippen molar-refractivity contribution in [2.45, 2.75) is 46.5 Å². The first-order valence-corrected chi connectivity index (χ1v) is 10.3. The minimum Gasteiger partial charge on any atom is -0.497 e. The Morgan fingerprint density at radius 3 is 2.19 bits per heavy atom. The molecule has 0 fully saturated rings. The molecular weight excluding hydrogens is 392 g/mol. The fourth-order valence-electron chi connectivity index (χ4n) is 3.73. The van der Waals surface area contributed by atoms with E-state index in [-0.39, 0.29) is 23.3 Å². The molecule has 2 aromatic rings. The normalized spacial score (nSPS) is 12.0. The third-order valence-electron chi connectivity index (χ3n) is 4.81. The van der Waals surface area contributed by atoms with Crippen LogP contribution < -0.4 is 19.6 Å². The third-order valence-corrected chi connectivity index (χ3v) is 4.81. The standard InChI is InChI=1S/C25H34N2O4/c1-24(2,3)17-25(4,5)19-8-10-20(11-9-19)31-16-23(28)27-26-15-18-14-21(29-6)12-13-22(18)30-7/h8-15H,16-17H2,1-7H3,(H,27,28). The van der Waals surface area contributed by atoms with Crippen LogP contribution in [0.4, 0.5) is 0 Å². The molecule has 0 aliphatic heterocycles. The molecule has 1 amide bonds. The van der Waals surface area contributed by atoms with Crippen LogP contribution in [0.15, 0.2) is 47.6 Å². The molecule has 2 rings (SSSR count). The zero-order chi connectivity index (χ0) is 23.1. The Morgan fingerprint density at radius 2 is 1.61 bits per heavy atom. The smallest absolute Gasteiger partial charge is 0.277 e. The summed E-state index contributed by atoms with van der Waals surface area (Å²) in [5, 5.41) is 3.98. The summed E-state index contributed by atoms with van der Waals surface area (Å²) in [5.41, 5.74) is 4.70. The van der Waals surface area contributed by atoms with Gasteiger partial charge in [-0.15, -0.1) is 0 Å². The molecule has 0 aliphatic carbocycles. The van der Waals surface area contributed by atoms with E-state index in [9.17, 15) is 4.79 Å². The van der Waals surface area contributed by atoms with Gasteiger partial charge in [0.1, 0.15) is 17.2 Å². The van der Waals surface area contributed by atoms with Gasteiger partial charge in [0.25, 0.3) is 5.91 Å². The average molecular weight is 427 g/mol. The summed E-state index contributed by atoms with van der Waals surface area (Å²) in [6.45, 7) is 11.1. The van der Waals surface area contributed by atoms with E-state index < -0.39 is 0 Å². The molecular formula is C25H34N2O4. The van der Waals surface area contributed by atoms with Crippen molar-refractivity contribution in [3.8, 4) is 17.2 Å². The lowest BCUT2D eigenvalue weighted by Gasteiger charge is -2.33. The Labute approximate surface area is 185 Å². The predicted molar refractivity (Wildman–Crippen MR) is 124 cm³/mol. The first-order valence-electron chi connectivity index (χ1n) is 10.3. The van der Waals surface area contributed by atoms with Crippen LogP contribution in [0, 0.1) is 5.41 Å². The fourth-order valence-corrected chi connectivity index (χ4v) is 3.73. The van der Waals surface area contributed by atoms with Gasteiger partial charge >= 0.3 is 0 Å². The lowest BCUT2D eigenvalue weighted by atomic mass is 9.72. The van der Waals surface area contributed by atoms with Gasteiger partial charge in [0.15, 0.2) is 6.61 Å². The summed E-state index contributed by atoms with van der Waals surface area (Å²) in [5.74, 6) is 1.59. The number of carbonyl (C=O) groups excluding carboxylic acids is 1. The van der Waals surface area contributed by atoms with Gasteiger partial charge < -0.3 is 14.2 Å². The second-order valence-electron chi connectivity index (χ2n) is 9.34. The number of methoxy groups -OCH3 is 2. The van der Waals surface area contributed by atoms with Crippen molar-refractivity contribution in [3.63, 3.8) is 0 Å². The molecule has 0 unspecified atom stereocenters. The van der Waals surface area contributed by atoms with Crippen molar-refractivity contribution in [2.75, 3.05) is 20.8 Å². The molecule has 0 heterocycles. The molecule has 0 saturated heterocycles. The molecule has 168 valence electrons. The zero-order valence-corrected chi connectivity index (χ0v) is 19.6. The number of benzene rings is 2. The topological polar surface area (TPSA) is 69.2 Å². The van der Waals surface area contributed by atoms with Crippen molar-refractivity contribution in [1.82, 2.24) is 5.43 Å². The number of ether oxygens (including phenoxy) is 3. The van der Waals surface area contributed by atoms with E-state index in [0.717, 1.165) is 6.42 Å². The summed E-state index contributed by atoms with van der Waals surface area (Å²) in [6.07, 6.45) is 2.57. The Hall–Kier alpha value is -3.02. The number of rotatable bonds is 9. The number of hydrogen-bond acceptors (Lipinski definition) is 5. The van der Waals surface area contributed by atoms with Crippen LogP contribution in [0.2, 0.25) is 0 Å². The molecule has 6 nitrogen and oxygen atoms in total. The van der Waals surface area contributed by atoms with Gasteiger partial charge in [0.05, 0.1) is 20.4 Å². The Bertz CT molecular complexity index is 897. The Balaban J connectivity index is 1.90. The van der Waals surface area contributed by atoms with Crippen LogP contribution in [-0.2, 0) is 10.2 Å². The van der Waals surface area contributed by atoms with Crippen molar-refractivity contribution in [3.05, 3.63) is 53.6 Å². The number of amides is 1. The summed E-state index contributed by atoms with van der Waals surface area (Å²) in [7, 11) is 3.15. The number of nitrogens with one attached hydrogen (secondary N) is 1. The van der Waals surface area contributed by atoms with E-state index >= 15 is 0 Å². The second kappa shape index (κ2) is 10.3. The van der Waals surface area contributed by atoms with Gasteiger partial charge in [-0.2, -0.15) is 5.10 Å². The molecule has 0 aliphatic rings. The van der Waals surface area contributed by atoms with Crippen molar-refractivity contribution in [1.29, 1.82) is 0 Å². The first-order chi connectivity index (χ1) is 14.5. The molecule has 0 bridgehead atoms. The minimum atomic E-state index is -0.352. The molecule has 0 radical (unpaired) electrons. The molecule has 1 N–H and O–H groups in total. The number of hydrogen-bond donors (Lipinski definition) is 1. The minimum absolute atomic E-state index is 0.0596. The zero-order valence-electron chi connectivity index (χ0n) is 19.6. The number of hydrazone groups is 1. The highest BCUT2D eigenvalue weighted by Gasteiger charge is 2.27. The van der Waals surface area contributed by atoms with Gasteiger partial charge in [-0.3, -0.25) is 4.79 Å². The van der Waals surface area contributed by atoms with Crippen LogP contribution >= 0.6 is 0 Å². The van der Waals surface area contributed by atoms with Crippen molar-refractivity contribution >= 4 is 12.1 Å². The highest BCUT2D eigenvalue weighted by molar-refractivity contribution is 5.86. The summed E-state index contributed by atoms with van der Waals surface area (Å²) < 4.78 is 16.1. The molecule has 31 heavy (non-hydrogen) atoms. The number of carbonyl (C=O) groups is 1. The van der Waals surface area contributed by atoms with Crippen molar-refractivity contribution in [2.24, 2.45) is 10.5 Å². The van der Waals surface area contributed by atoms with E-state index in [0.29, 0.717) is 22.8 Å². The van der Waals surface area contributed by atoms with E-state index in [1.54, 1.807) is 32.4 Å². The highest BCUT2D eigenvalue weighted by Crippen LogP contribution is 2.36. The largest absolute Gasteiger partial charge is 0.497 e. The second-order valence-corrected chi connectivity index (χ2v) is 9.34. The number of nitrogens with zero attached hydrogens (tertiary/aromatic N) is 1. The van der Waals surface area contributed by atoms with Crippen LogP contribution in [-0.4, -0.2) is 32.9 Å². The van der Waals surface area contributed by atoms with Crippen LogP contribution in [0.3, 0.4) is 0 Å². The van der Waals surface area contributed by atoms with Gasteiger partial charge in [-0.05, 0) is 53.1 Å². The van der Waals surface area contributed by atoms with E-state index in [1.165, 1.54) is 11.8 Å². The SMILES string of the molecule is COc1ccc(OC)c(C=NNC(=O)COc2ccc(C(C)(C)CC(C)(C)C)cc2)c1. The molecule has 6 heteroatoms. The fraction of sp³-hybridized carbons (Fsp3) is 0.440. The van der Waals surface area contributed by atoms with Crippen LogP contribution in [0.5, 0.6) is 17.2 Å². The quantitative estimate of drug-likeness (QED) is 0.455. The van der Waals surface area contributed by atoms with Crippen molar-refractivity contribution < 1.29 is 19.0 Å².